The summed E-state index contributed by atoms with van der Waals surface area (Å²) in [5.41, 5.74) is 2.78. The number of carbonyl (C=O) groups is 1. The number of halogens is 1. The first-order chi connectivity index (χ1) is 11.0. The number of carbonyl (C=O) groups excluding carboxylic acids is 1. The van der Waals surface area contributed by atoms with Crippen LogP contribution in [-0.4, -0.2) is 27.5 Å². The molecule has 1 fully saturated rings. The SMILES string of the molecule is Cc1noc(C)c1C(C)C(=O)N1CCCC1c1cncc(Br)c1. The lowest BCUT2D eigenvalue weighted by molar-refractivity contribution is -0.133. The molecule has 1 amide bonds. The Hall–Kier alpha value is -1.69. The van der Waals surface area contributed by atoms with Gasteiger partial charge in [-0.2, -0.15) is 0 Å². The topological polar surface area (TPSA) is 59.2 Å². The molecule has 0 aliphatic carbocycles. The minimum atomic E-state index is -0.248. The van der Waals surface area contributed by atoms with Crippen LogP contribution >= 0.6 is 15.9 Å². The summed E-state index contributed by atoms with van der Waals surface area (Å²) in [4.78, 5) is 19.2. The van der Waals surface area contributed by atoms with Crippen LogP contribution in [0.3, 0.4) is 0 Å². The van der Waals surface area contributed by atoms with Gasteiger partial charge >= 0.3 is 0 Å². The van der Waals surface area contributed by atoms with Crippen LogP contribution < -0.4 is 0 Å². The monoisotopic (exact) mass is 377 g/mol. The molecular weight excluding hydrogens is 358 g/mol. The summed E-state index contributed by atoms with van der Waals surface area (Å²) in [6.45, 7) is 6.46. The second-order valence-corrected chi connectivity index (χ2v) is 7.00. The Labute approximate surface area is 144 Å². The van der Waals surface area contributed by atoms with Crippen LogP contribution in [0, 0.1) is 13.8 Å². The molecule has 2 aromatic rings. The van der Waals surface area contributed by atoms with E-state index in [4.69, 9.17) is 4.52 Å². The van der Waals surface area contributed by atoms with Gasteiger partial charge in [-0.1, -0.05) is 5.16 Å². The van der Waals surface area contributed by atoms with E-state index in [0.717, 1.165) is 46.4 Å². The number of pyridine rings is 1. The fourth-order valence-corrected chi connectivity index (χ4v) is 3.85. The Morgan fingerprint density at radius 3 is 2.87 bits per heavy atom. The van der Waals surface area contributed by atoms with E-state index in [-0.39, 0.29) is 17.9 Å². The minimum Gasteiger partial charge on any atom is -0.361 e. The van der Waals surface area contributed by atoms with Crippen molar-refractivity contribution in [2.24, 2.45) is 0 Å². The molecule has 0 saturated carbocycles. The summed E-state index contributed by atoms with van der Waals surface area (Å²) < 4.78 is 6.16. The predicted octanol–water partition coefficient (Wildman–Crippen LogP) is 3.92. The van der Waals surface area contributed by atoms with Crippen LogP contribution in [0.1, 0.15) is 54.3 Å². The maximum Gasteiger partial charge on any atom is 0.230 e. The third kappa shape index (κ3) is 3.04. The standard InChI is InChI=1S/C17H20BrN3O2/c1-10(16-11(2)20-23-12(16)3)17(22)21-6-4-5-15(21)13-7-14(18)9-19-8-13/h7-10,15H,4-6H2,1-3H3. The van der Waals surface area contributed by atoms with Gasteiger partial charge in [-0.15, -0.1) is 0 Å². The normalized spacial score (nSPS) is 19.1. The van der Waals surface area contributed by atoms with Crippen molar-refractivity contribution in [1.82, 2.24) is 15.0 Å². The highest BCUT2D eigenvalue weighted by Gasteiger charge is 2.34. The summed E-state index contributed by atoms with van der Waals surface area (Å²) in [6.07, 6.45) is 5.59. The number of hydrogen-bond donors (Lipinski definition) is 0. The molecule has 2 unspecified atom stereocenters. The van der Waals surface area contributed by atoms with E-state index in [9.17, 15) is 4.79 Å². The minimum absolute atomic E-state index is 0.0930. The molecule has 3 heterocycles. The van der Waals surface area contributed by atoms with Crippen molar-refractivity contribution in [3.63, 3.8) is 0 Å². The van der Waals surface area contributed by atoms with E-state index < -0.39 is 0 Å². The average Bonchev–Trinajstić information content (AvgIpc) is 3.13. The van der Waals surface area contributed by atoms with Crippen molar-refractivity contribution in [2.45, 2.75) is 45.6 Å². The van der Waals surface area contributed by atoms with E-state index in [1.807, 2.05) is 37.9 Å². The first kappa shape index (κ1) is 16.2. The van der Waals surface area contributed by atoms with Crippen LogP contribution in [0.25, 0.3) is 0 Å². The molecule has 1 saturated heterocycles. The summed E-state index contributed by atoms with van der Waals surface area (Å²) in [5, 5.41) is 3.97. The molecule has 23 heavy (non-hydrogen) atoms. The first-order valence-electron chi connectivity index (χ1n) is 7.82. The van der Waals surface area contributed by atoms with Gasteiger partial charge in [0.25, 0.3) is 0 Å². The summed E-state index contributed by atoms with van der Waals surface area (Å²) >= 11 is 3.46. The number of likely N-dealkylation sites (tertiary alicyclic amines) is 1. The van der Waals surface area contributed by atoms with E-state index in [1.165, 1.54) is 0 Å². The molecule has 0 bridgehead atoms. The second kappa shape index (κ2) is 6.43. The van der Waals surface area contributed by atoms with E-state index in [1.54, 1.807) is 6.20 Å². The van der Waals surface area contributed by atoms with Gasteiger partial charge in [-0.3, -0.25) is 9.78 Å². The number of nitrogens with zero attached hydrogens (tertiary/aromatic N) is 3. The summed E-state index contributed by atoms with van der Waals surface area (Å²) in [6, 6.07) is 2.14. The van der Waals surface area contributed by atoms with Gasteiger partial charge in [-0.25, -0.2) is 0 Å². The zero-order valence-electron chi connectivity index (χ0n) is 13.5. The lowest BCUT2D eigenvalue weighted by atomic mass is 9.97. The van der Waals surface area contributed by atoms with Crippen LogP contribution in [0.4, 0.5) is 0 Å². The Morgan fingerprint density at radius 2 is 2.22 bits per heavy atom. The van der Waals surface area contributed by atoms with Crippen molar-refractivity contribution in [2.75, 3.05) is 6.54 Å². The third-order valence-electron chi connectivity index (χ3n) is 4.54. The van der Waals surface area contributed by atoms with Gasteiger partial charge in [0.05, 0.1) is 17.7 Å². The molecule has 0 N–H and O–H groups in total. The van der Waals surface area contributed by atoms with Gasteiger partial charge < -0.3 is 9.42 Å². The smallest absolute Gasteiger partial charge is 0.230 e. The lowest BCUT2D eigenvalue weighted by Gasteiger charge is -2.27. The second-order valence-electron chi connectivity index (χ2n) is 6.09. The Balaban J connectivity index is 1.86. The van der Waals surface area contributed by atoms with Crippen molar-refractivity contribution in [3.8, 4) is 0 Å². The molecule has 1 aliphatic rings. The van der Waals surface area contributed by atoms with Crippen molar-refractivity contribution >= 4 is 21.8 Å². The van der Waals surface area contributed by atoms with Crippen LogP contribution in [-0.2, 0) is 4.79 Å². The third-order valence-corrected chi connectivity index (χ3v) is 4.97. The largest absolute Gasteiger partial charge is 0.361 e. The molecular formula is C17H20BrN3O2. The van der Waals surface area contributed by atoms with E-state index >= 15 is 0 Å². The molecule has 0 radical (unpaired) electrons. The van der Waals surface area contributed by atoms with Crippen molar-refractivity contribution in [3.05, 3.63) is 45.5 Å². The fourth-order valence-electron chi connectivity index (χ4n) is 3.47. The maximum absolute atomic E-state index is 13.0. The Morgan fingerprint density at radius 1 is 1.43 bits per heavy atom. The summed E-state index contributed by atoms with van der Waals surface area (Å²) in [7, 11) is 0. The Bertz CT molecular complexity index is 709. The fraction of sp³-hybridized carbons (Fsp3) is 0.471. The number of amides is 1. The average molecular weight is 378 g/mol. The zero-order valence-corrected chi connectivity index (χ0v) is 15.1. The molecule has 6 heteroatoms. The lowest BCUT2D eigenvalue weighted by Crippen LogP contribution is -2.34. The predicted molar refractivity (Wildman–Crippen MR) is 90.0 cm³/mol. The van der Waals surface area contributed by atoms with Gasteiger partial charge in [-0.05, 0) is 61.2 Å². The molecule has 2 atom stereocenters. The van der Waals surface area contributed by atoms with Crippen LogP contribution in [0.5, 0.6) is 0 Å². The molecule has 0 spiro atoms. The molecule has 0 aromatic carbocycles. The highest BCUT2D eigenvalue weighted by atomic mass is 79.9. The quantitative estimate of drug-likeness (QED) is 0.813. The molecule has 1 aliphatic heterocycles. The van der Waals surface area contributed by atoms with Crippen molar-refractivity contribution < 1.29 is 9.32 Å². The van der Waals surface area contributed by atoms with E-state index in [0.29, 0.717) is 0 Å². The first-order valence-corrected chi connectivity index (χ1v) is 8.62. The summed E-state index contributed by atoms with van der Waals surface area (Å²) in [5.74, 6) is 0.604. The number of aromatic nitrogens is 2. The Kier molecular flexibility index (Phi) is 4.53. The molecule has 122 valence electrons. The van der Waals surface area contributed by atoms with Gasteiger partial charge in [0, 0.05) is 29.0 Å². The van der Waals surface area contributed by atoms with Gasteiger partial charge in [0.2, 0.25) is 5.91 Å². The molecule has 5 nitrogen and oxygen atoms in total. The maximum atomic E-state index is 13.0. The van der Waals surface area contributed by atoms with Crippen LogP contribution in [0.2, 0.25) is 0 Å². The van der Waals surface area contributed by atoms with Crippen molar-refractivity contribution in [1.29, 1.82) is 0 Å². The number of aryl methyl sites for hydroxylation is 2. The highest BCUT2D eigenvalue weighted by Crippen LogP contribution is 2.36. The van der Waals surface area contributed by atoms with Gasteiger partial charge in [0.15, 0.2) is 0 Å². The zero-order chi connectivity index (χ0) is 16.6. The molecule has 2 aromatic heterocycles. The highest BCUT2D eigenvalue weighted by molar-refractivity contribution is 9.10. The van der Waals surface area contributed by atoms with Gasteiger partial charge in [0.1, 0.15) is 5.76 Å². The van der Waals surface area contributed by atoms with Crippen LogP contribution in [0.15, 0.2) is 27.5 Å². The number of rotatable bonds is 3. The van der Waals surface area contributed by atoms with E-state index in [2.05, 4.69) is 26.1 Å². The molecule has 3 rings (SSSR count). The number of hydrogen-bond acceptors (Lipinski definition) is 4.